The molecule has 0 radical (unpaired) electrons. The lowest BCUT2D eigenvalue weighted by Gasteiger charge is -2.09. The molecule has 3 nitrogen and oxygen atoms in total. The van der Waals surface area contributed by atoms with Gasteiger partial charge in [0.05, 0.1) is 22.3 Å². The Morgan fingerprint density at radius 1 is 1.15 bits per heavy atom. The minimum Gasteiger partial charge on any atom is -0.322 e. The number of benzene rings is 1. The van der Waals surface area contributed by atoms with Crippen molar-refractivity contribution in [1.82, 2.24) is 5.32 Å². The normalized spacial score (nSPS) is 10.5. The molecule has 1 aromatic heterocycles. The maximum absolute atomic E-state index is 11.8. The van der Waals surface area contributed by atoms with E-state index in [1.54, 1.807) is 29.5 Å². The minimum absolute atomic E-state index is 0.161. The van der Waals surface area contributed by atoms with Gasteiger partial charge in [-0.25, -0.2) is 0 Å². The third-order valence-corrected chi connectivity index (χ3v) is 4.21. The Morgan fingerprint density at radius 3 is 2.55 bits per heavy atom. The van der Waals surface area contributed by atoms with Crippen LogP contribution in [-0.4, -0.2) is 19.0 Å². The number of thiophene rings is 1. The highest BCUT2D eigenvalue weighted by atomic mass is 35.5. The standard InChI is InChI=1S/C14H14Cl2N2OS/c15-11-4-1-5-12(16)14(11)18-13(19)9-17-7-6-10-3-2-8-20-10/h1-5,8,17H,6-7,9H2,(H,18,19). The van der Waals surface area contributed by atoms with Gasteiger partial charge in [0.25, 0.3) is 0 Å². The number of halogens is 2. The van der Waals surface area contributed by atoms with Crippen LogP contribution in [-0.2, 0) is 11.2 Å². The monoisotopic (exact) mass is 328 g/mol. The molecule has 0 unspecified atom stereocenters. The van der Waals surface area contributed by atoms with E-state index in [1.165, 1.54) is 4.88 Å². The molecule has 0 spiro atoms. The van der Waals surface area contributed by atoms with Crippen molar-refractivity contribution in [3.8, 4) is 0 Å². The number of anilines is 1. The molecule has 0 fully saturated rings. The average Bonchev–Trinajstić information content (AvgIpc) is 2.92. The van der Waals surface area contributed by atoms with Gasteiger partial charge in [-0.2, -0.15) is 0 Å². The highest BCUT2D eigenvalue weighted by molar-refractivity contribution is 7.09. The number of carbonyl (C=O) groups excluding carboxylic acids is 1. The fourth-order valence-electron chi connectivity index (χ4n) is 1.67. The molecule has 1 heterocycles. The van der Waals surface area contributed by atoms with E-state index in [2.05, 4.69) is 16.7 Å². The first-order chi connectivity index (χ1) is 9.66. The Labute approximate surface area is 131 Å². The molecule has 0 saturated carbocycles. The summed E-state index contributed by atoms with van der Waals surface area (Å²) < 4.78 is 0. The van der Waals surface area contributed by atoms with Crippen LogP contribution in [0.15, 0.2) is 35.7 Å². The van der Waals surface area contributed by atoms with E-state index in [9.17, 15) is 4.79 Å². The van der Waals surface area contributed by atoms with Gasteiger partial charge in [-0.15, -0.1) is 11.3 Å². The molecule has 1 amide bonds. The SMILES string of the molecule is O=C(CNCCc1cccs1)Nc1c(Cl)cccc1Cl. The quantitative estimate of drug-likeness (QED) is 0.791. The zero-order valence-electron chi connectivity index (χ0n) is 10.7. The van der Waals surface area contributed by atoms with Crippen LogP contribution in [0.1, 0.15) is 4.88 Å². The molecule has 0 aliphatic rings. The first-order valence-electron chi connectivity index (χ1n) is 6.14. The zero-order chi connectivity index (χ0) is 14.4. The summed E-state index contributed by atoms with van der Waals surface area (Å²) >= 11 is 13.7. The first kappa shape index (κ1) is 15.3. The van der Waals surface area contributed by atoms with E-state index in [4.69, 9.17) is 23.2 Å². The summed E-state index contributed by atoms with van der Waals surface area (Å²) in [5, 5.41) is 8.71. The van der Waals surface area contributed by atoms with Crippen LogP contribution >= 0.6 is 34.5 Å². The van der Waals surface area contributed by atoms with Crippen molar-refractivity contribution in [2.75, 3.05) is 18.4 Å². The molecule has 1 aromatic carbocycles. The van der Waals surface area contributed by atoms with Gasteiger partial charge in [0.15, 0.2) is 0 Å². The van der Waals surface area contributed by atoms with Crippen LogP contribution in [0.3, 0.4) is 0 Å². The molecule has 6 heteroatoms. The highest BCUT2D eigenvalue weighted by Crippen LogP contribution is 2.29. The van der Waals surface area contributed by atoms with Crippen LogP contribution in [0.2, 0.25) is 10.0 Å². The zero-order valence-corrected chi connectivity index (χ0v) is 13.0. The van der Waals surface area contributed by atoms with Crippen molar-refractivity contribution in [2.24, 2.45) is 0 Å². The topological polar surface area (TPSA) is 41.1 Å². The Balaban J connectivity index is 1.75. The molecule has 0 atom stereocenters. The van der Waals surface area contributed by atoms with Gasteiger partial charge in [0.2, 0.25) is 5.91 Å². The third-order valence-electron chi connectivity index (χ3n) is 2.64. The fraction of sp³-hybridized carbons (Fsp3) is 0.214. The van der Waals surface area contributed by atoms with E-state index in [-0.39, 0.29) is 12.5 Å². The number of para-hydroxylation sites is 1. The summed E-state index contributed by atoms with van der Waals surface area (Å²) in [7, 11) is 0. The van der Waals surface area contributed by atoms with Gasteiger partial charge in [-0.05, 0) is 30.0 Å². The Morgan fingerprint density at radius 2 is 1.90 bits per heavy atom. The van der Waals surface area contributed by atoms with E-state index < -0.39 is 0 Å². The molecular weight excluding hydrogens is 315 g/mol. The summed E-state index contributed by atoms with van der Waals surface area (Å²) in [5.74, 6) is -0.161. The number of hydrogen-bond donors (Lipinski definition) is 2. The maximum Gasteiger partial charge on any atom is 0.238 e. The molecular formula is C14H14Cl2N2OS. The van der Waals surface area contributed by atoms with E-state index in [0.717, 1.165) is 13.0 Å². The highest BCUT2D eigenvalue weighted by Gasteiger charge is 2.08. The molecule has 106 valence electrons. The molecule has 2 aromatic rings. The van der Waals surface area contributed by atoms with Gasteiger partial charge in [0, 0.05) is 11.4 Å². The Hall–Kier alpha value is -1.07. The molecule has 2 rings (SSSR count). The number of amides is 1. The summed E-state index contributed by atoms with van der Waals surface area (Å²) in [6.07, 6.45) is 0.914. The number of rotatable bonds is 6. The summed E-state index contributed by atoms with van der Waals surface area (Å²) in [4.78, 5) is 13.1. The predicted molar refractivity (Wildman–Crippen MR) is 86.0 cm³/mol. The second kappa shape index (κ2) is 7.64. The minimum atomic E-state index is -0.161. The van der Waals surface area contributed by atoms with Gasteiger partial charge < -0.3 is 10.6 Å². The van der Waals surface area contributed by atoms with Crippen molar-refractivity contribution in [3.63, 3.8) is 0 Å². The lowest BCUT2D eigenvalue weighted by molar-refractivity contribution is -0.115. The van der Waals surface area contributed by atoms with Crippen molar-refractivity contribution < 1.29 is 4.79 Å². The largest absolute Gasteiger partial charge is 0.322 e. The smallest absolute Gasteiger partial charge is 0.238 e. The van der Waals surface area contributed by atoms with E-state index in [0.29, 0.717) is 15.7 Å². The van der Waals surface area contributed by atoms with Crippen LogP contribution in [0.25, 0.3) is 0 Å². The van der Waals surface area contributed by atoms with Crippen molar-refractivity contribution in [1.29, 1.82) is 0 Å². The number of hydrogen-bond acceptors (Lipinski definition) is 3. The fourth-order valence-corrected chi connectivity index (χ4v) is 2.87. The van der Waals surface area contributed by atoms with Gasteiger partial charge in [-0.1, -0.05) is 35.3 Å². The van der Waals surface area contributed by atoms with Gasteiger partial charge >= 0.3 is 0 Å². The van der Waals surface area contributed by atoms with E-state index >= 15 is 0 Å². The summed E-state index contributed by atoms with van der Waals surface area (Å²) in [5.41, 5.74) is 0.459. The second-order valence-electron chi connectivity index (χ2n) is 4.15. The molecule has 20 heavy (non-hydrogen) atoms. The van der Waals surface area contributed by atoms with Crippen LogP contribution in [0.5, 0.6) is 0 Å². The lowest BCUT2D eigenvalue weighted by Crippen LogP contribution is -2.29. The van der Waals surface area contributed by atoms with Crippen LogP contribution < -0.4 is 10.6 Å². The van der Waals surface area contributed by atoms with Crippen molar-refractivity contribution >= 4 is 46.1 Å². The Kier molecular flexibility index (Phi) is 5.86. The predicted octanol–water partition coefficient (Wildman–Crippen LogP) is 3.83. The van der Waals surface area contributed by atoms with Gasteiger partial charge in [0.1, 0.15) is 0 Å². The van der Waals surface area contributed by atoms with Crippen LogP contribution in [0.4, 0.5) is 5.69 Å². The number of nitrogens with one attached hydrogen (secondary N) is 2. The maximum atomic E-state index is 11.8. The molecule has 2 N–H and O–H groups in total. The molecule has 0 saturated heterocycles. The number of carbonyl (C=O) groups is 1. The molecule has 0 bridgehead atoms. The van der Waals surface area contributed by atoms with Gasteiger partial charge in [-0.3, -0.25) is 4.79 Å². The molecule has 0 aliphatic carbocycles. The summed E-state index contributed by atoms with van der Waals surface area (Å²) in [6, 6.07) is 9.21. The van der Waals surface area contributed by atoms with Crippen molar-refractivity contribution in [2.45, 2.75) is 6.42 Å². The van der Waals surface area contributed by atoms with Crippen LogP contribution in [0, 0.1) is 0 Å². The van der Waals surface area contributed by atoms with Crippen molar-refractivity contribution in [3.05, 3.63) is 50.6 Å². The second-order valence-corrected chi connectivity index (χ2v) is 6.00. The molecule has 0 aliphatic heterocycles. The lowest BCUT2D eigenvalue weighted by atomic mass is 10.3. The summed E-state index contributed by atoms with van der Waals surface area (Å²) in [6.45, 7) is 0.983. The Bertz CT molecular complexity index is 552. The van der Waals surface area contributed by atoms with E-state index in [1.807, 2.05) is 11.4 Å². The third kappa shape index (κ3) is 4.49. The average molecular weight is 329 g/mol. The first-order valence-corrected chi connectivity index (χ1v) is 7.77.